The van der Waals surface area contributed by atoms with Crippen LogP contribution in [0.1, 0.15) is 57.9 Å². The van der Waals surface area contributed by atoms with Gasteiger partial charge in [0.15, 0.2) is 18.3 Å². The van der Waals surface area contributed by atoms with Gasteiger partial charge in [-0.25, -0.2) is 4.99 Å². The number of halogens is 1. The molecule has 1 saturated heterocycles. The van der Waals surface area contributed by atoms with E-state index in [1.807, 2.05) is 24.3 Å². The predicted molar refractivity (Wildman–Crippen MR) is 184 cm³/mol. The van der Waals surface area contributed by atoms with Crippen LogP contribution in [-0.2, 0) is 20.7 Å². The quantitative estimate of drug-likeness (QED) is 0.0454. The number of rotatable bonds is 19. The van der Waals surface area contributed by atoms with Crippen molar-refractivity contribution in [2.24, 2.45) is 27.2 Å². The van der Waals surface area contributed by atoms with E-state index in [1.54, 1.807) is 6.92 Å². The summed E-state index contributed by atoms with van der Waals surface area (Å²) >= 11 is 6.02. The van der Waals surface area contributed by atoms with Crippen molar-refractivity contribution in [2.75, 3.05) is 39.4 Å². The number of nitrogens with zero attached hydrogens (tertiary/aromatic N) is 4. The third-order valence-corrected chi connectivity index (χ3v) is 8.32. The average Bonchev–Trinajstić information content (AvgIpc) is 3.03. The third kappa shape index (κ3) is 13.0. The zero-order valence-electron chi connectivity index (χ0n) is 27.9. The zero-order valence-corrected chi connectivity index (χ0v) is 28.7. The first-order valence-corrected chi connectivity index (χ1v) is 16.9. The molecule has 2 heterocycles. The molecule has 16 heteroatoms. The van der Waals surface area contributed by atoms with Crippen LogP contribution in [0.2, 0.25) is 0 Å². The molecule has 1 aromatic rings. The number of benzene rings is 1. The molecule has 3 rings (SSSR count). The van der Waals surface area contributed by atoms with Gasteiger partial charge in [0.1, 0.15) is 42.3 Å². The van der Waals surface area contributed by atoms with Gasteiger partial charge in [-0.15, -0.1) is 0 Å². The third-order valence-electron chi connectivity index (χ3n) is 8.03. The summed E-state index contributed by atoms with van der Waals surface area (Å²) in [7, 11) is 0. The van der Waals surface area contributed by atoms with Gasteiger partial charge in [0.05, 0.1) is 18.9 Å². The molecule has 1 amide bonds. The van der Waals surface area contributed by atoms with Crippen LogP contribution < -0.4 is 27.3 Å². The summed E-state index contributed by atoms with van der Waals surface area (Å²) in [4.78, 5) is 22.6. The van der Waals surface area contributed by atoms with Gasteiger partial charge in [-0.1, -0.05) is 38.3 Å². The standard InChI is InChI=1S/C32H53ClN8O7/c1-3-4-5-8-15-40(18-24(42)28(44)29-25(43)20-47-21(2)48-29)16-17-46-23-12-10-22(11-13-23)9-6-7-14-37-32(36)39-31(45)27-30(35)38-26(34)19-41(27)33/h10-13,19,21,24-25,27-29,42-44H,3-9,14-18,20,34H2,1-2H3,(H2,35,38)(H3,36,37,39,45)/t21?,24-,25+,27?,28+,29+/m0/s1. The first-order chi connectivity index (χ1) is 23.0. The van der Waals surface area contributed by atoms with Crippen LogP contribution in [0.4, 0.5) is 0 Å². The molecule has 0 spiro atoms. The number of aliphatic imine (C=N–C) groups is 2. The number of carbonyl (C=O) groups is 1. The van der Waals surface area contributed by atoms with Crippen LogP contribution in [0.3, 0.4) is 0 Å². The van der Waals surface area contributed by atoms with Crippen molar-refractivity contribution in [3.05, 3.63) is 41.8 Å². The molecule has 2 unspecified atom stereocenters. The number of amides is 1. The van der Waals surface area contributed by atoms with E-state index in [-0.39, 0.29) is 30.8 Å². The van der Waals surface area contributed by atoms with Gasteiger partial charge in [0.25, 0.3) is 5.91 Å². The minimum Gasteiger partial charge on any atom is -0.492 e. The molecular weight excluding hydrogens is 644 g/mol. The Labute approximate surface area is 287 Å². The largest absolute Gasteiger partial charge is 0.492 e. The fourth-order valence-corrected chi connectivity index (χ4v) is 5.66. The number of amidine groups is 1. The number of hydrogen-bond donors (Lipinski definition) is 7. The smallest absolute Gasteiger partial charge is 0.258 e. The van der Waals surface area contributed by atoms with E-state index in [2.05, 4.69) is 27.1 Å². The summed E-state index contributed by atoms with van der Waals surface area (Å²) in [6.45, 7) is 6.28. The lowest BCUT2D eigenvalue weighted by Gasteiger charge is -2.37. The van der Waals surface area contributed by atoms with E-state index in [0.717, 1.165) is 67.2 Å². The number of guanidine groups is 1. The molecule has 2 aliphatic heterocycles. The topological polar surface area (TPSA) is 227 Å². The van der Waals surface area contributed by atoms with E-state index in [9.17, 15) is 20.1 Å². The van der Waals surface area contributed by atoms with Crippen LogP contribution in [0.15, 0.2) is 46.3 Å². The van der Waals surface area contributed by atoms with E-state index in [1.165, 1.54) is 6.20 Å². The fourth-order valence-electron chi connectivity index (χ4n) is 5.37. The lowest BCUT2D eigenvalue weighted by molar-refractivity contribution is -0.272. The van der Waals surface area contributed by atoms with Crippen LogP contribution in [0.25, 0.3) is 0 Å². The molecule has 0 aromatic heterocycles. The molecule has 0 aliphatic carbocycles. The van der Waals surface area contributed by atoms with E-state index >= 15 is 0 Å². The monoisotopic (exact) mass is 696 g/mol. The van der Waals surface area contributed by atoms with Gasteiger partial charge in [-0.2, -0.15) is 0 Å². The molecule has 1 fully saturated rings. The number of nitrogens with two attached hydrogens (primary N) is 3. The van der Waals surface area contributed by atoms with Crippen molar-refractivity contribution in [2.45, 2.75) is 95.5 Å². The Bertz CT molecular complexity index is 1220. The molecule has 10 N–H and O–H groups in total. The Hall–Kier alpha value is -3.18. The first kappa shape index (κ1) is 39.3. The second-order valence-electron chi connectivity index (χ2n) is 12.0. The highest BCUT2D eigenvalue weighted by Gasteiger charge is 2.38. The molecule has 6 atom stereocenters. The highest BCUT2D eigenvalue weighted by molar-refractivity contribution is 6.21. The normalized spacial score (nSPS) is 23.0. The van der Waals surface area contributed by atoms with Gasteiger partial charge in [0.2, 0.25) is 0 Å². The van der Waals surface area contributed by atoms with E-state index in [0.29, 0.717) is 19.7 Å². The maximum atomic E-state index is 12.5. The number of hydrogen-bond acceptors (Lipinski definition) is 13. The number of aliphatic hydroxyl groups is 3. The summed E-state index contributed by atoms with van der Waals surface area (Å²) in [5, 5.41) is 34.3. The maximum absolute atomic E-state index is 12.5. The summed E-state index contributed by atoms with van der Waals surface area (Å²) in [6, 6.07) is 6.86. The summed E-state index contributed by atoms with van der Waals surface area (Å²) in [5.41, 5.74) is 18.4. The molecule has 2 aliphatic rings. The van der Waals surface area contributed by atoms with Gasteiger partial charge < -0.3 is 46.7 Å². The highest BCUT2D eigenvalue weighted by atomic mass is 35.5. The number of aryl methyl sites for hydroxylation is 1. The minimum absolute atomic E-state index is 0.0334. The SMILES string of the molecule is CCCCCCN(CCOc1ccc(CCCCN=C(N)NC(=O)C2C(N)=NC(N)=CN2Cl)cc1)C[C@H](O)[C@@H](O)[C@@H]1OC(C)OC[C@H]1O. The summed E-state index contributed by atoms with van der Waals surface area (Å²) in [6.07, 6.45) is 3.21. The molecular formula is C32H53ClN8O7. The van der Waals surface area contributed by atoms with Gasteiger partial charge >= 0.3 is 0 Å². The fraction of sp³-hybridized carbons (Fsp3) is 0.656. The van der Waals surface area contributed by atoms with E-state index in [4.69, 9.17) is 43.2 Å². The highest BCUT2D eigenvalue weighted by Crippen LogP contribution is 2.19. The number of nitrogens with one attached hydrogen (secondary N) is 1. The number of aliphatic hydroxyl groups excluding tert-OH is 3. The number of ether oxygens (including phenoxy) is 3. The second kappa shape index (κ2) is 20.4. The summed E-state index contributed by atoms with van der Waals surface area (Å²) < 4.78 is 17.8. The van der Waals surface area contributed by atoms with Crippen molar-refractivity contribution >= 4 is 29.5 Å². The Morgan fingerprint density at radius 2 is 1.94 bits per heavy atom. The molecule has 15 nitrogen and oxygen atoms in total. The van der Waals surface area contributed by atoms with Gasteiger partial charge in [-0.05, 0) is 56.8 Å². The van der Waals surface area contributed by atoms with Gasteiger partial charge in [-0.3, -0.25) is 24.4 Å². The van der Waals surface area contributed by atoms with Crippen molar-refractivity contribution in [1.29, 1.82) is 0 Å². The Kier molecular flexibility index (Phi) is 16.7. The Morgan fingerprint density at radius 3 is 2.65 bits per heavy atom. The number of unbranched alkanes of at least 4 members (excludes halogenated alkanes) is 4. The Morgan fingerprint density at radius 1 is 1.19 bits per heavy atom. The summed E-state index contributed by atoms with van der Waals surface area (Å²) in [5.74, 6) is 0.190. The van der Waals surface area contributed by atoms with Crippen molar-refractivity contribution in [3.63, 3.8) is 0 Å². The lowest BCUT2D eigenvalue weighted by Crippen LogP contribution is -2.55. The molecule has 0 bridgehead atoms. The Balaban J connectivity index is 1.38. The molecule has 270 valence electrons. The van der Waals surface area contributed by atoms with Crippen LogP contribution >= 0.6 is 11.8 Å². The molecule has 0 radical (unpaired) electrons. The minimum atomic E-state index is -1.25. The number of carbonyl (C=O) groups excluding carboxylic acids is 1. The van der Waals surface area contributed by atoms with Gasteiger partial charge in [0, 0.05) is 31.4 Å². The van der Waals surface area contributed by atoms with Crippen molar-refractivity contribution < 1.29 is 34.3 Å². The lowest BCUT2D eigenvalue weighted by atomic mass is 10.0. The van der Waals surface area contributed by atoms with Crippen molar-refractivity contribution in [3.8, 4) is 5.75 Å². The molecule has 1 aromatic carbocycles. The molecule has 48 heavy (non-hydrogen) atoms. The maximum Gasteiger partial charge on any atom is 0.258 e. The zero-order chi connectivity index (χ0) is 35.1. The van der Waals surface area contributed by atoms with Crippen LogP contribution in [-0.4, -0.2) is 118 Å². The van der Waals surface area contributed by atoms with E-state index < -0.39 is 42.7 Å². The van der Waals surface area contributed by atoms with Crippen LogP contribution in [0.5, 0.6) is 5.75 Å². The average molecular weight is 697 g/mol. The predicted octanol–water partition coefficient (Wildman–Crippen LogP) is 0.498. The first-order valence-electron chi connectivity index (χ1n) is 16.6. The molecule has 0 saturated carbocycles. The van der Waals surface area contributed by atoms with Crippen molar-refractivity contribution in [1.82, 2.24) is 14.6 Å². The second-order valence-corrected chi connectivity index (χ2v) is 12.4. The van der Waals surface area contributed by atoms with Crippen LogP contribution in [0, 0.1) is 0 Å².